The van der Waals surface area contributed by atoms with Gasteiger partial charge in [-0.25, -0.2) is 9.78 Å². The van der Waals surface area contributed by atoms with Crippen LogP contribution < -0.4 is 0 Å². The minimum Gasteiger partial charge on any atom is -0.476 e. The summed E-state index contributed by atoms with van der Waals surface area (Å²) in [5, 5.41) is 12.9. The monoisotopic (exact) mass is 348 g/mol. The number of H-pyrrole nitrogens is 1. The zero-order valence-electron chi connectivity index (χ0n) is 10.6. The summed E-state index contributed by atoms with van der Waals surface area (Å²) in [6.45, 7) is 0. The number of benzene rings is 1. The number of aromatic nitrogens is 4. The summed E-state index contributed by atoms with van der Waals surface area (Å²) in [6, 6.07) is 7.74. The third-order valence-electron chi connectivity index (χ3n) is 2.78. The molecule has 3 rings (SSSR count). The Labute approximate surface area is 127 Å². The molecule has 2 aromatic heterocycles. The van der Waals surface area contributed by atoms with Crippen molar-refractivity contribution in [2.24, 2.45) is 0 Å². The Balaban J connectivity index is 1.86. The van der Waals surface area contributed by atoms with Crippen LogP contribution in [-0.4, -0.2) is 31.2 Å². The molecular formula is C13H9BrN4O3. The molecule has 0 spiro atoms. The van der Waals surface area contributed by atoms with Crippen LogP contribution in [0.15, 0.2) is 39.6 Å². The lowest BCUT2D eigenvalue weighted by molar-refractivity contribution is 0.0691. The maximum absolute atomic E-state index is 11.0. The van der Waals surface area contributed by atoms with Crippen LogP contribution in [-0.2, 0) is 6.42 Å². The maximum Gasteiger partial charge on any atom is 0.356 e. The van der Waals surface area contributed by atoms with Gasteiger partial charge in [-0.15, -0.1) is 0 Å². The number of imidazole rings is 1. The highest BCUT2D eigenvalue weighted by atomic mass is 79.9. The van der Waals surface area contributed by atoms with Crippen LogP contribution in [0.25, 0.3) is 11.6 Å². The largest absolute Gasteiger partial charge is 0.476 e. The zero-order valence-corrected chi connectivity index (χ0v) is 12.2. The molecule has 2 N–H and O–H groups in total. The molecule has 2 heterocycles. The summed E-state index contributed by atoms with van der Waals surface area (Å²) in [6.07, 6.45) is 1.76. The third kappa shape index (κ3) is 2.84. The van der Waals surface area contributed by atoms with E-state index in [9.17, 15) is 4.79 Å². The summed E-state index contributed by atoms with van der Waals surface area (Å²) in [5.41, 5.74) is 1.07. The molecule has 106 valence electrons. The van der Waals surface area contributed by atoms with Crippen molar-refractivity contribution in [1.82, 2.24) is 20.1 Å². The van der Waals surface area contributed by atoms with Crippen molar-refractivity contribution in [1.29, 1.82) is 0 Å². The molecule has 0 saturated heterocycles. The molecule has 0 aliphatic heterocycles. The Hall–Kier alpha value is -2.48. The molecule has 7 nitrogen and oxygen atoms in total. The Kier molecular flexibility index (Phi) is 3.53. The van der Waals surface area contributed by atoms with E-state index in [2.05, 4.69) is 36.0 Å². The highest BCUT2D eigenvalue weighted by molar-refractivity contribution is 9.10. The smallest absolute Gasteiger partial charge is 0.356 e. The number of hydrogen-bond donors (Lipinski definition) is 2. The number of carboxylic acids is 1. The van der Waals surface area contributed by atoms with Crippen molar-refractivity contribution < 1.29 is 14.4 Å². The van der Waals surface area contributed by atoms with Crippen LogP contribution in [0.2, 0.25) is 0 Å². The van der Waals surface area contributed by atoms with Crippen molar-refractivity contribution in [3.8, 4) is 11.6 Å². The summed E-state index contributed by atoms with van der Waals surface area (Å²) in [7, 11) is 0. The summed E-state index contributed by atoms with van der Waals surface area (Å²) in [5.74, 6) is -0.582. The highest BCUT2D eigenvalue weighted by Crippen LogP contribution is 2.20. The zero-order chi connectivity index (χ0) is 14.8. The van der Waals surface area contributed by atoms with E-state index in [1.165, 1.54) is 6.33 Å². The van der Waals surface area contributed by atoms with E-state index in [1.807, 2.05) is 24.3 Å². The van der Waals surface area contributed by atoms with E-state index in [0.717, 1.165) is 10.0 Å². The number of rotatable bonds is 4. The van der Waals surface area contributed by atoms with Crippen LogP contribution in [0.5, 0.6) is 0 Å². The standard InChI is InChI=1S/C13H9BrN4O3/c14-8-3-1-2-7(4-8)5-9-17-12(21-18-9)10-11(13(19)20)16-6-15-10/h1-4,6H,5H2,(H,15,16)(H,19,20). The topological polar surface area (TPSA) is 105 Å². The Morgan fingerprint density at radius 3 is 3.05 bits per heavy atom. The molecule has 0 unspecified atom stereocenters. The van der Waals surface area contributed by atoms with E-state index in [0.29, 0.717) is 12.2 Å². The molecule has 0 saturated carbocycles. The minimum atomic E-state index is -1.15. The number of nitrogens with one attached hydrogen (secondary N) is 1. The first-order valence-electron chi connectivity index (χ1n) is 5.97. The molecule has 0 atom stereocenters. The molecule has 0 fully saturated rings. The highest BCUT2D eigenvalue weighted by Gasteiger charge is 2.20. The lowest BCUT2D eigenvalue weighted by atomic mass is 10.1. The summed E-state index contributed by atoms with van der Waals surface area (Å²) in [4.78, 5) is 21.6. The van der Waals surface area contributed by atoms with Crippen molar-refractivity contribution in [3.05, 3.63) is 52.1 Å². The Morgan fingerprint density at radius 1 is 1.43 bits per heavy atom. The number of carbonyl (C=O) groups is 1. The lowest BCUT2D eigenvalue weighted by Gasteiger charge is -1.96. The molecule has 21 heavy (non-hydrogen) atoms. The van der Waals surface area contributed by atoms with Gasteiger partial charge in [0.15, 0.2) is 11.5 Å². The predicted molar refractivity (Wildman–Crippen MR) is 75.8 cm³/mol. The van der Waals surface area contributed by atoms with Gasteiger partial charge >= 0.3 is 5.97 Å². The van der Waals surface area contributed by atoms with Gasteiger partial charge in [-0.2, -0.15) is 4.98 Å². The fourth-order valence-electron chi connectivity index (χ4n) is 1.88. The average molecular weight is 349 g/mol. The van der Waals surface area contributed by atoms with Crippen LogP contribution in [0.4, 0.5) is 0 Å². The van der Waals surface area contributed by atoms with Gasteiger partial charge in [0, 0.05) is 10.9 Å². The number of nitrogens with zero attached hydrogens (tertiary/aromatic N) is 3. The van der Waals surface area contributed by atoms with Gasteiger partial charge in [0.2, 0.25) is 0 Å². The fourth-order valence-corrected chi connectivity index (χ4v) is 2.32. The number of carboxylic acid groups (broad SMARTS) is 1. The van der Waals surface area contributed by atoms with E-state index in [1.54, 1.807) is 0 Å². The molecule has 0 radical (unpaired) electrons. The number of hydrogen-bond acceptors (Lipinski definition) is 5. The molecule has 0 bridgehead atoms. The molecule has 3 aromatic rings. The SMILES string of the molecule is O=C(O)c1nc[nH]c1-c1nc(Cc2cccc(Br)c2)no1. The van der Waals surface area contributed by atoms with Crippen molar-refractivity contribution in [2.45, 2.75) is 6.42 Å². The van der Waals surface area contributed by atoms with E-state index >= 15 is 0 Å². The van der Waals surface area contributed by atoms with Gasteiger partial charge in [-0.05, 0) is 17.7 Å². The molecule has 0 aliphatic rings. The summed E-state index contributed by atoms with van der Waals surface area (Å²) >= 11 is 3.39. The predicted octanol–water partition coefficient (Wildman–Crippen LogP) is 2.51. The Bertz CT molecular complexity index is 796. The second kappa shape index (κ2) is 5.49. The average Bonchev–Trinajstić information content (AvgIpc) is 3.06. The second-order valence-electron chi connectivity index (χ2n) is 4.25. The number of aromatic carboxylic acids is 1. The second-order valence-corrected chi connectivity index (χ2v) is 5.17. The molecule has 0 aliphatic carbocycles. The van der Waals surface area contributed by atoms with Crippen molar-refractivity contribution in [2.75, 3.05) is 0 Å². The van der Waals surface area contributed by atoms with E-state index in [4.69, 9.17) is 9.63 Å². The van der Waals surface area contributed by atoms with Gasteiger partial charge in [0.05, 0.1) is 6.33 Å². The normalized spacial score (nSPS) is 10.7. The third-order valence-corrected chi connectivity index (χ3v) is 3.27. The summed E-state index contributed by atoms with van der Waals surface area (Å²) < 4.78 is 6.06. The van der Waals surface area contributed by atoms with Crippen LogP contribution in [0.1, 0.15) is 21.9 Å². The van der Waals surface area contributed by atoms with E-state index in [-0.39, 0.29) is 17.3 Å². The first kappa shape index (κ1) is 13.5. The maximum atomic E-state index is 11.0. The molecule has 8 heteroatoms. The molecule has 1 aromatic carbocycles. The fraction of sp³-hybridized carbons (Fsp3) is 0.0769. The van der Waals surface area contributed by atoms with Crippen molar-refractivity contribution >= 4 is 21.9 Å². The van der Waals surface area contributed by atoms with Gasteiger partial charge < -0.3 is 14.6 Å². The van der Waals surface area contributed by atoms with Gasteiger partial charge in [-0.3, -0.25) is 0 Å². The van der Waals surface area contributed by atoms with Gasteiger partial charge in [0.25, 0.3) is 5.89 Å². The molecular weight excluding hydrogens is 340 g/mol. The minimum absolute atomic E-state index is 0.106. The van der Waals surface area contributed by atoms with Gasteiger partial charge in [-0.1, -0.05) is 33.2 Å². The quantitative estimate of drug-likeness (QED) is 0.750. The Morgan fingerprint density at radius 2 is 2.29 bits per heavy atom. The van der Waals surface area contributed by atoms with Crippen LogP contribution in [0.3, 0.4) is 0 Å². The molecule has 0 amide bonds. The lowest BCUT2D eigenvalue weighted by Crippen LogP contribution is -1.99. The van der Waals surface area contributed by atoms with Gasteiger partial charge in [0.1, 0.15) is 5.69 Å². The van der Waals surface area contributed by atoms with E-state index < -0.39 is 5.97 Å². The number of aromatic amines is 1. The van der Waals surface area contributed by atoms with Crippen LogP contribution in [0, 0.1) is 0 Å². The first-order valence-corrected chi connectivity index (χ1v) is 6.77. The van der Waals surface area contributed by atoms with Crippen molar-refractivity contribution in [3.63, 3.8) is 0 Å². The first-order chi connectivity index (χ1) is 10.1. The number of halogens is 1. The van der Waals surface area contributed by atoms with Crippen LogP contribution >= 0.6 is 15.9 Å².